The van der Waals surface area contributed by atoms with Crippen LogP contribution in [0.4, 0.5) is 0 Å². The normalized spacial score (nSPS) is 45.2. The van der Waals surface area contributed by atoms with E-state index in [0.717, 1.165) is 18.3 Å². The number of carbonyl (C=O) groups is 2. The molecule has 2 aliphatic heterocycles. The summed E-state index contributed by atoms with van der Waals surface area (Å²) in [6.07, 6.45) is 14.0. The first kappa shape index (κ1) is 22.2. The van der Waals surface area contributed by atoms with Crippen molar-refractivity contribution in [2.24, 2.45) is 28.1 Å². The van der Waals surface area contributed by atoms with Gasteiger partial charge in [-0.05, 0) is 85.0 Å². The molecular formula is C27H38O5. The van der Waals surface area contributed by atoms with Gasteiger partial charge in [-0.25, -0.2) is 4.79 Å². The SMILES string of the molecule is CC(=O)OC1OC(=O)C=C1C1CC=C(CCC2(C)C(C)CCC34CC3(C)CCCC24)CO1. The van der Waals surface area contributed by atoms with E-state index in [4.69, 9.17) is 14.2 Å². The molecule has 3 fully saturated rings. The third-order valence-corrected chi connectivity index (χ3v) is 10.1. The maximum Gasteiger partial charge on any atom is 0.334 e. The van der Waals surface area contributed by atoms with Gasteiger partial charge in [0.05, 0.1) is 12.7 Å². The molecule has 2 heterocycles. The molecule has 32 heavy (non-hydrogen) atoms. The maximum absolute atomic E-state index is 11.7. The van der Waals surface area contributed by atoms with Crippen molar-refractivity contribution in [3.63, 3.8) is 0 Å². The lowest BCUT2D eigenvalue weighted by atomic mass is 9.50. The lowest BCUT2D eigenvalue weighted by Crippen LogP contribution is -2.47. The molecule has 5 nitrogen and oxygen atoms in total. The van der Waals surface area contributed by atoms with E-state index in [0.29, 0.717) is 34.8 Å². The number of hydrogen-bond acceptors (Lipinski definition) is 5. The summed E-state index contributed by atoms with van der Waals surface area (Å²) in [6, 6.07) is 0. The minimum atomic E-state index is -0.947. The number of cyclic esters (lactones) is 1. The quantitative estimate of drug-likeness (QED) is 0.416. The first-order chi connectivity index (χ1) is 15.2. The molecule has 1 spiro atoms. The molecule has 5 rings (SSSR count). The van der Waals surface area contributed by atoms with Crippen molar-refractivity contribution >= 4 is 11.9 Å². The summed E-state index contributed by atoms with van der Waals surface area (Å²) in [4.78, 5) is 23.0. The zero-order chi connectivity index (χ0) is 22.7. The van der Waals surface area contributed by atoms with Crippen LogP contribution in [-0.4, -0.2) is 30.9 Å². The molecule has 5 aliphatic rings. The zero-order valence-electron chi connectivity index (χ0n) is 20.1. The van der Waals surface area contributed by atoms with Crippen LogP contribution in [0, 0.1) is 28.1 Å². The number of ether oxygens (including phenoxy) is 3. The summed E-state index contributed by atoms with van der Waals surface area (Å²) in [6.45, 7) is 9.51. The Morgan fingerprint density at radius 3 is 2.78 bits per heavy atom. The van der Waals surface area contributed by atoms with Crippen LogP contribution in [-0.2, 0) is 23.8 Å². The van der Waals surface area contributed by atoms with Crippen LogP contribution >= 0.6 is 0 Å². The molecule has 0 aromatic carbocycles. The topological polar surface area (TPSA) is 61.8 Å². The van der Waals surface area contributed by atoms with E-state index in [9.17, 15) is 9.59 Å². The van der Waals surface area contributed by atoms with Crippen LogP contribution < -0.4 is 0 Å². The summed E-state index contributed by atoms with van der Waals surface area (Å²) in [5.74, 6) is 0.698. The van der Waals surface area contributed by atoms with Gasteiger partial charge in [0.1, 0.15) is 0 Å². The Morgan fingerprint density at radius 1 is 1.25 bits per heavy atom. The van der Waals surface area contributed by atoms with E-state index in [1.165, 1.54) is 63.5 Å². The Hall–Kier alpha value is -1.62. The van der Waals surface area contributed by atoms with Crippen LogP contribution in [0.25, 0.3) is 0 Å². The summed E-state index contributed by atoms with van der Waals surface area (Å²) in [5, 5.41) is 0. The second kappa shape index (κ2) is 7.72. The van der Waals surface area contributed by atoms with Gasteiger partial charge in [0.25, 0.3) is 6.29 Å². The van der Waals surface area contributed by atoms with E-state index >= 15 is 0 Å². The van der Waals surface area contributed by atoms with Gasteiger partial charge in [-0.2, -0.15) is 0 Å². The first-order valence-electron chi connectivity index (χ1n) is 12.6. The second-order valence-corrected chi connectivity index (χ2v) is 11.7. The molecule has 0 N–H and O–H groups in total. The average Bonchev–Trinajstić information content (AvgIpc) is 3.23. The highest BCUT2D eigenvalue weighted by atomic mass is 16.7. The molecule has 5 heteroatoms. The molecule has 0 amide bonds. The van der Waals surface area contributed by atoms with Gasteiger partial charge in [0.2, 0.25) is 0 Å². The fraction of sp³-hybridized carbons (Fsp3) is 0.778. The van der Waals surface area contributed by atoms with Gasteiger partial charge in [0.15, 0.2) is 0 Å². The molecule has 7 atom stereocenters. The van der Waals surface area contributed by atoms with E-state index in [1.807, 2.05) is 0 Å². The van der Waals surface area contributed by atoms with Crippen LogP contribution in [0.2, 0.25) is 0 Å². The molecule has 0 aromatic rings. The predicted octanol–water partition coefficient (Wildman–Crippen LogP) is 5.49. The summed E-state index contributed by atoms with van der Waals surface area (Å²) < 4.78 is 16.4. The van der Waals surface area contributed by atoms with Gasteiger partial charge >= 0.3 is 11.9 Å². The van der Waals surface area contributed by atoms with Gasteiger partial charge in [-0.15, -0.1) is 0 Å². The minimum Gasteiger partial charge on any atom is -0.421 e. The molecule has 3 aliphatic carbocycles. The van der Waals surface area contributed by atoms with Crippen molar-refractivity contribution in [3.05, 3.63) is 23.3 Å². The number of hydrogen-bond donors (Lipinski definition) is 0. The molecule has 0 aromatic heterocycles. The van der Waals surface area contributed by atoms with Crippen molar-refractivity contribution in [3.8, 4) is 0 Å². The number of rotatable bonds is 5. The largest absolute Gasteiger partial charge is 0.421 e. The summed E-state index contributed by atoms with van der Waals surface area (Å²) in [7, 11) is 0. The number of esters is 2. The second-order valence-electron chi connectivity index (χ2n) is 11.7. The monoisotopic (exact) mass is 442 g/mol. The third-order valence-electron chi connectivity index (χ3n) is 10.1. The van der Waals surface area contributed by atoms with E-state index in [2.05, 4.69) is 26.8 Å². The molecule has 0 bridgehead atoms. The highest BCUT2D eigenvalue weighted by molar-refractivity contribution is 5.86. The van der Waals surface area contributed by atoms with E-state index in [1.54, 1.807) is 0 Å². The summed E-state index contributed by atoms with van der Waals surface area (Å²) in [5.41, 5.74) is 3.62. The van der Waals surface area contributed by atoms with Gasteiger partial charge < -0.3 is 14.2 Å². The Bertz CT molecular complexity index is 873. The molecule has 3 saturated carbocycles. The molecule has 0 saturated heterocycles. The highest BCUT2D eigenvalue weighted by Crippen LogP contribution is 2.80. The van der Waals surface area contributed by atoms with E-state index in [-0.39, 0.29) is 6.10 Å². The van der Waals surface area contributed by atoms with Crippen LogP contribution in [0.5, 0.6) is 0 Å². The van der Waals surface area contributed by atoms with Crippen molar-refractivity contribution in [1.29, 1.82) is 0 Å². The molecule has 0 radical (unpaired) electrons. The first-order valence-corrected chi connectivity index (χ1v) is 12.6. The fourth-order valence-electron chi connectivity index (χ4n) is 7.94. The minimum absolute atomic E-state index is 0.271. The Labute approximate surface area is 191 Å². The van der Waals surface area contributed by atoms with Crippen LogP contribution in [0.1, 0.15) is 85.5 Å². The summed E-state index contributed by atoms with van der Waals surface area (Å²) >= 11 is 0. The van der Waals surface area contributed by atoms with Crippen molar-refractivity contribution in [2.75, 3.05) is 6.61 Å². The van der Waals surface area contributed by atoms with E-state index < -0.39 is 18.2 Å². The Kier molecular flexibility index (Phi) is 5.35. The third kappa shape index (κ3) is 3.46. The average molecular weight is 443 g/mol. The molecule has 176 valence electrons. The van der Waals surface area contributed by atoms with Gasteiger partial charge in [-0.1, -0.05) is 33.3 Å². The smallest absolute Gasteiger partial charge is 0.334 e. The zero-order valence-corrected chi connectivity index (χ0v) is 20.1. The van der Waals surface area contributed by atoms with Crippen LogP contribution in [0.3, 0.4) is 0 Å². The van der Waals surface area contributed by atoms with Crippen molar-refractivity contribution in [1.82, 2.24) is 0 Å². The lowest BCUT2D eigenvalue weighted by molar-refractivity contribution is -0.173. The van der Waals surface area contributed by atoms with Gasteiger partial charge in [0, 0.05) is 18.6 Å². The van der Waals surface area contributed by atoms with Crippen molar-refractivity contribution in [2.45, 2.75) is 97.9 Å². The Morgan fingerprint density at radius 2 is 2.06 bits per heavy atom. The maximum atomic E-state index is 11.7. The Balaban J connectivity index is 1.23. The molecule has 7 unspecified atom stereocenters. The number of carbonyl (C=O) groups excluding carboxylic acids is 2. The highest BCUT2D eigenvalue weighted by Gasteiger charge is 2.72. The van der Waals surface area contributed by atoms with Crippen LogP contribution in [0.15, 0.2) is 23.3 Å². The standard InChI is InChI=1S/C27H38O5/c1-17-9-13-27-16-25(27,3)11-5-6-22(27)26(17,4)12-10-19-7-8-21(30-15-19)20-14-23(29)32-24(20)31-18(2)28/h7,14,17,21-22,24H,5-6,8-13,15-16H2,1-4H3. The van der Waals surface area contributed by atoms with Gasteiger partial charge in [-0.3, -0.25) is 4.79 Å². The molecular weight excluding hydrogens is 404 g/mol. The fourth-order valence-corrected chi connectivity index (χ4v) is 7.94. The predicted molar refractivity (Wildman–Crippen MR) is 120 cm³/mol. The van der Waals surface area contributed by atoms with Crippen molar-refractivity contribution < 1.29 is 23.8 Å². The lowest BCUT2D eigenvalue weighted by Gasteiger charge is -2.55.